The molecule has 88 valence electrons. The van der Waals surface area contributed by atoms with Crippen molar-refractivity contribution in [1.82, 2.24) is 4.90 Å². The standard InChI is InChI=1S/C11H21NO2S/c1-7(15-5)8-6-9(13)12(10(8)14)11(2,3)4/h7-8,10,14H,6H2,1-5H3. The molecule has 0 aromatic rings. The lowest BCUT2D eigenvalue weighted by Gasteiger charge is -2.36. The van der Waals surface area contributed by atoms with Crippen molar-refractivity contribution in [3.8, 4) is 0 Å². The van der Waals surface area contributed by atoms with Crippen molar-refractivity contribution in [2.24, 2.45) is 5.92 Å². The fraction of sp³-hybridized carbons (Fsp3) is 0.909. The van der Waals surface area contributed by atoms with Gasteiger partial charge in [-0.2, -0.15) is 11.8 Å². The van der Waals surface area contributed by atoms with E-state index >= 15 is 0 Å². The number of hydrogen-bond donors (Lipinski definition) is 1. The molecule has 0 radical (unpaired) electrons. The van der Waals surface area contributed by atoms with E-state index < -0.39 is 6.23 Å². The minimum absolute atomic E-state index is 0.0618. The van der Waals surface area contributed by atoms with Crippen LogP contribution in [0.3, 0.4) is 0 Å². The van der Waals surface area contributed by atoms with E-state index in [-0.39, 0.29) is 17.4 Å². The third-order valence-corrected chi connectivity index (χ3v) is 4.12. The van der Waals surface area contributed by atoms with Crippen LogP contribution in [0.4, 0.5) is 0 Å². The van der Waals surface area contributed by atoms with Gasteiger partial charge in [0.1, 0.15) is 6.23 Å². The molecule has 0 saturated carbocycles. The molecule has 3 atom stereocenters. The molecule has 0 spiro atoms. The van der Waals surface area contributed by atoms with Crippen molar-refractivity contribution < 1.29 is 9.90 Å². The lowest BCUT2D eigenvalue weighted by molar-refractivity contribution is -0.141. The highest BCUT2D eigenvalue weighted by atomic mass is 32.2. The van der Waals surface area contributed by atoms with E-state index in [0.717, 1.165) is 0 Å². The molecule has 1 aliphatic heterocycles. The molecule has 15 heavy (non-hydrogen) atoms. The predicted octanol–water partition coefficient (Wildman–Crippen LogP) is 1.70. The van der Waals surface area contributed by atoms with Crippen molar-refractivity contribution in [2.75, 3.05) is 6.26 Å². The first kappa shape index (κ1) is 12.8. The highest BCUT2D eigenvalue weighted by molar-refractivity contribution is 7.99. The monoisotopic (exact) mass is 231 g/mol. The van der Waals surface area contributed by atoms with Gasteiger partial charge in [-0.25, -0.2) is 0 Å². The highest BCUT2D eigenvalue weighted by Crippen LogP contribution is 2.35. The Labute approximate surface area is 96.2 Å². The number of amides is 1. The minimum atomic E-state index is -0.625. The Morgan fingerprint density at radius 3 is 2.40 bits per heavy atom. The van der Waals surface area contributed by atoms with Gasteiger partial charge in [0.2, 0.25) is 5.91 Å². The zero-order valence-electron chi connectivity index (χ0n) is 10.2. The maximum absolute atomic E-state index is 11.8. The Morgan fingerprint density at radius 2 is 2.07 bits per heavy atom. The van der Waals surface area contributed by atoms with Crippen LogP contribution in [-0.2, 0) is 4.79 Å². The van der Waals surface area contributed by atoms with E-state index in [4.69, 9.17) is 0 Å². The van der Waals surface area contributed by atoms with Gasteiger partial charge in [0.25, 0.3) is 0 Å². The third kappa shape index (κ3) is 2.48. The normalized spacial score (nSPS) is 29.7. The van der Waals surface area contributed by atoms with Crippen molar-refractivity contribution in [2.45, 2.75) is 51.1 Å². The van der Waals surface area contributed by atoms with Gasteiger partial charge in [0.15, 0.2) is 0 Å². The summed E-state index contributed by atoms with van der Waals surface area (Å²) in [5.74, 6) is 0.132. The summed E-state index contributed by atoms with van der Waals surface area (Å²) in [6.45, 7) is 7.94. The molecule has 1 amide bonds. The predicted molar refractivity (Wildman–Crippen MR) is 63.7 cm³/mol. The number of likely N-dealkylation sites (tertiary alicyclic amines) is 1. The van der Waals surface area contributed by atoms with Crippen LogP contribution >= 0.6 is 11.8 Å². The average molecular weight is 231 g/mol. The number of carbonyl (C=O) groups is 1. The minimum Gasteiger partial charge on any atom is -0.373 e. The maximum atomic E-state index is 11.8. The molecule has 0 aromatic heterocycles. The lowest BCUT2D eigenvalue weighted by Crippen LogP contribution is -2.48. The fourth-order valence-electron chi connectivity index (χ4n) is 2.10. The van der Waals surface area contributed by atoms with Crippen LogP contribution in [0, 0.1) is 5.92 Å². The number of carbonyl (C=O) groups excluding carboxylic acids is 1. The highest BCUT2D eigenvalue weighted by Gasteiger charge is 2.45. The smallest absolute Gasteiger partial charge is 0.225 e. The summed E-state index contributed by atoms with van der Waals surface area (Å²) < 4.78 is 0. The van der Waals surface area contributed by atoms with Gasteiger partial charge in [-0.05, 0) is 27.0 Å². The Hall–Kier alpha value is -0.220. The number of hydrogen-bond acceptors (Lipinski definition) is 3. The van der Waals surface area contributed by atoms with E-state index in [1.807, 2.05) is 27.0 Å². The summed E-state index contributed by atoms with van der Waals surface area (Å²) in [6, 6.07) is 0. The second kappa shape index (κ2) is 4.34. The summed E-state index contributed by atoms with van der Waals surface area (Å²) in [5.41, 5.74) is -0.288. The molecule has 3 unspecified atom stereocenters. The molecule has 0 aliphatic carbocycles. The van der Waals surface area contributed by atoms with Gasteiger partial charge < -0.3 is 10.0 Å². The Kier molecular flexibility index (Phi) is 3.71. The van der Waals surface area contributed by atoms with Crippen LogP contribution in [-0.4, -0.2) is 39.2 Å². The molecule has 1 rings (SSSR count). The van der Waals surface area contributed by atoms with Crippen LogP contribution in [0.15, 0.2) is 0 Å². The fourth-order valence-corrected chi connectivity index (χ4v) is 2.68. The quantitative estimate of drug-likeness (QED) is 0.786. The van der Waals surface area contributed by atoms with Gasteiger partial charge in [0, 0.05) is 23.1 Å². The van der Waals surface area contributed by atoms with Crippen molar-refractivity contribution >= 4 is 17.7 Å². The number of thioether (sulfide) groups is 1. The Bertz CT molecular complexity index is 249. The van der Waals surface area contributed by atoms with Crippen molar-refractivity contribution in [3.05, 3.63) is 0 Å². The van der Waals surface area contributed by atoms with Gasteiger partial charge in [0.05, 0.1) is 0 Å². The van der Waals surface area contributed by atoms with Crippen LogP contribution in [0.1, 0.15) is 34.1 Å². The molecule has 1 aliphatic rings. The molecular weight excluding hydrogens is 210 g/mol. The summed E-state index contributed by atoms with van der Waals surface area (Å²) in [7, 11) is 0. The first-order valence-corrected chi connectivity index (χ1v) is 6.61. The molecule has 3 nitrogen and oxygen atoms in total. The lowest BCUT2D eigenvalue weighted by atomic mass is 10.0. The van der Waals surface area contributed by atoms with E-state index in [1.54, 1.807) is 16.7 Å². The molecule has 0 bridgehead atoms. The summed E-state index contributed by atoms with van der Waals surface area (Å²) >= 11 is 1.70. The average Bonchev–Trinajstić information content (AvgIpc) is 2.39. The SMILES string of the molecule is CSC(C)C1CC(=O)N(C(C)(C)C)C1O. The second-order valence-electron chi connectivity index (χ2n) is 5.16. The van der Waals surface area contributed by atoms with E-state index in [1.165, 1.54) is 0 Å². The van der Waals surface area contributed by atoms with Gasteiger partial charge in [-0.1, -0.05) is 6.92 Å². The first-order valence-electron chi connectivity index (χ1n) is 5.32. The largest absolute Gasteiger partial charge is 0.373 e. The summed E-state index contributed by atoms with van der Waals surface area (Å²) in [4.78, 5) is 13.4. The van der Waals surface area contributed by atoms with Crippen LogP contribution in [0.5, 0.6) is 0 Å². The number of aliphatic hydroxyl groups excluding tert-OH is 1. The first-order chi connectivity index (χ1) is 6.79. The molecule has 1 fully saturated rings. The van der Waals surface area contributed by atoms with Gasteiger partial charge in [-0.15, -0.1) is 0 Å². The Morgan fingerprint density at radius 1 is 1.53 bits per heavy atom. The third-order valence-electron chi connectivity index (χ3n) is 3.02. The number of aliphatic hydroxyl groups is 1. The van der Waals surface area contributed by atoms with Crippen LogP contribution < -0.4 is 0 Å². The summed E-state index contributed by atoms with van der Waals surface area (Å²) in [6.07, 6.45) is 1.86. The molecule has 4 heteroatoms. The molecular formula is C11H21NO2S. The molecule has 1 saturated heterocycles. The van der Waals surface area contributed by atoms with E-state index in [2.05, 4.69) is 6.92 Å². The molecule has 1 heterocycles. The van der Waals surface area contributed by atoms with Crippen molar-refractivity contribution in [1.29, 1.82) is 0 Å². The van der Waals surface area contributed by atoms with Crippen molar-refractivity contribution in [3.63, 3.8) is 0 Å². The van der Waals surface area contributed by atoms with Crippen LogP contribution in [0.25, 0.3) is 0 Å². The topological polar surface area (TPSA) is 40.5 Å². The van der Waals surface area contributed by atoms with Crippen LogP contribution in [0.2, 0.25) is 0 Å². The molecule has 1 N–H and O–H groups in total. The zero-order valence-corrected chi connectivity index (χ0v) is 11.0. The zero-order chi connectivity index (χ0) is 11.8. The maximum Gasteiger partial charge on any atom is 0.225 e. The van der Waals surface area contributed by atoms with Gasteiger partial charge in [-0.3, -0.25) is 4.79 Å². The van der Waals surface area contributed by atoms with Gasteiger partial charge >= 0.3 is 0 Å². The number of nitrogens with zero attached hydrogens (tertiary/aromatic N) is 1. The second-order valence-corrected chi connectivity index (χ2v) is 6.37. The van der Waals surface area contributed by atoms with E-state index in [9.17, 15) is 9.90 Å². The van der Waals surface area contributed by atoms with E-state index in [0.29, 0.717) is 11.7 Å². The Balaban J connectivity index is 2.84. The number of rotatable bonds is 2. The summed E-state index contributed by atoms with van der Waals surface area (Å²) in [5, 5.41) is 10.5. The molecule has 0 aromatic carbocycles.